The van der Waals surface area contributed by atoms with Gasteiger partial charge in [-0.15, -0.1) is 11.3 Å². The maximum atomic E-state index is 13.6. The molecule has 4 nitrogen and oxygen atoms in total. The van der Waals surface area contributed by atoms with Gasteiger partial charge in [0.25, 0.3) is 10.0 Å². The molecule has 0 fully saturated rings. The molecule has 8 heteroatoms. The lowest BCUT2D eigenvalue weighted by atomic mass is 10.3. The predicted molar refractivity (Wildman–Crippen MR) is 76.8 cm³/mol. The molecule has 0 aliphatic rings. The van der Waals surface area contributed by atoms with E-state index in [1.165, 1.54) is 17.5 Å². The lowest BCUT2D eigenvalue weighted by Crippen LogP contribution is -2.15. The van der Waals surface area contributed by atoms with E-state index < -0.39 is 26.6 Å². The number of halogens is 2. The largest absolute Gasteiger partial charge is 0.266 e. The molecule has 0 amide bonds. The maximum absolute atomic E-state index is 13.6. The van der Waals surface area contributed by atoms with Gasteiger partial charge in [0.2, 0.25) is 0 Å². The Bertz CT molecular complexity index is 923. The molecular weight excluding hydrogens is 318 g/mol. The summed E-state index contributed by atoms with van der Waals surface area (Å²) in [6, 6.07) is 5.69. The fourth-order valence-electron chi connectivity index (χ4n) is 1.84. The summed E-state index contributed by atoms with van der Waals surface area (Å²) in [5.41, 5.74) is 0. The molecule has 1 N–H and O–H groups in total. The summed E-state index contributed by atoms with van der Waals surface area (Å²) in [5.74, 6) is -1.78. The minimum absolute atomic E-state index is 0.0809. The van der Waals surface area contributed by atoms with Crippen molar-refractivity contribution in [3.8, 4) is 0 Å². The third-order valence-corrected chi connectivity index (χ3v) is 5.03. The summed E-state index contributed by atoms with van der Waals surface area (Å²) >= 11 is 1.42. The van der Waals surface area contributed by atoms with Crippen molar-refractivity contribution in [1.82, 2.24) is 4.98 Å². The molecule has 1 aromatic carbocycles. The van der Waals surface area contributed by atoms with E-state index in [0.29, 0.717) is 11.5 Å². The van der Waals surface area contributed by atoms with Crippen molar-refractivity contribution in [2.75, 3.05) is 4.72 Å². The second kappa shape index (κ2) is 5.05. The molecule has 0 saturated carbocycles. The fourth-order valence-corrected chi connectivity index (χ4v) is 3.74. The molecule has 2 heterocycles. The first-order valence-electron chi connectivity index (χ1n) is 5.77. The number of rotatable bonds is 3. The van der Waals surface area contributed by atoms with Gasteiger partial charge in [0.1, 0.15) is 22.3 Å². The Balaban J connectivity index is 2.08. The molecule has 0 aliphatic carbocycles. The number of fused-ring (bicyclic) bond motifs is 1. The van der Waals surface area contributed by atoms with Crippen LogP contribution in [-0.4, -0.2) is 13.4 Å². The molecule has 3 rings (SSSR count). The Morgan fingerprint density at radius 1 is 1.14 bits per heavy atom. The number of nitrogens with zero attached hydrogens (tertiary/aromatic N) is 1. The van der Waals surface area contributed by atoms with E-state index in [1.54, 1.807) is 17.5 Å². The van der Waals surface area contributed by atoms with Crippen molar-refractivity contribution in [1.29, 1.82) is 0 Å². The SMILES string of the molecule is O=S(=O)(Nc1nccc2sccc12)c1cc(F)ccc1F. The van der Waals surface area contributed by atoms with Crippen LogP contribution >= 0.6 is 11.3 Å². The number of thiophene rings is 1. The first kappa shape index (κ1) is 13.9. The van der Waals surface area contributed by atoms with Crippen molar-refractivity contribution < 1.29 is 17.2 Å². The molecule has 21 heavy (non-hydrogen) atoms. The van der Waals surface area contributed by atoms with Gasteiger partial charge in [0.15, 0.2) is 0 Å². The quantitative estimate of drug-likeness (QED) is 0.803. The van der Waals surface area contributed by atoms with E-state index in [1.807, 2.05) is 0 Å². The summed E-state index contributed by atoms with van der Waals surface area (Å²) in [4.78, 5) is 3.19. The van der Waals surface area contributed by atoms with Crippen LogP contribution in [0.3, 0.4) is 0 Å². The van der Waals surface area contributed by atoms with E-state index in [0.717, 1.165) is 16.8 Å². The first-order chi connectivity index (χ1) is 9.97. The molecule has 0 saturated heterocycles. The van der Waals surface area contributed by atoms with Gasteiger partial charge in [0.05, 0.1) is 0 Å². The van der Waals surface area contributed by atoms with Gasteiger partial charge in [-0.05, 0) is 35.7 Å². The summed E-state index contributed by atoms with van der Waals surface area (Å²) in [7, 11) is -4.26. The molecule has 2 aromatic heterocycles. The Morgan fingerprint density at radius 2 is 1.95 bits per heavy atom. The summed E-state index contributed by atoms with van der Waals surface area (Å²) < 4.78 is 54.2. The zero-order valence-corrected chi connectivity index (χ0v) is 12.0. The average Bonchev–Trinajstić information content (AvgIpc) is 2.90. The van der Waals surface area contributed by atoms with Gasteiger partial charge in [0, 0.05) is 16.3 Å². The number of hydrogen-bond acceptors (Lipinski definition) is 4. The average molecular weight is 326 g/mol. The van der Waals surface area contributed by atoms with Crippen molar-refractivity contribution in [2.24, 2.45) is 0 Å². The van der Waals surface area contributed by atoms with Crippen LogP contribution in [-0.2, 0) is 10.0 Å². The molecule has 0 radical (unpaired) electrons. The summed E-state index contributed by atoms with van der Waals surface area (Å²) in [6.45, 7) is 0. The van der Waals surface area contributed by atoms with E-state index >= 15 is 0 Å². The van der Waals surface area contributed by atoms with Crippen LogP contribution in [0.2, 0.25) is 0 Å². The first-order valence-corrected chi connectivity index (χ1v) is 8.14. The number of nitrogens with one attached hydrogen (secondary N) is 1. The van der Waals surface area contributed by atoms with Gasteiger partial charge in [-0.2, -0.15) is 0 Å². The van der Waals surface area contributed by atoms with Crippen LogP contribution in [0.25, 0.3) is 10.1 Å². The number of anilines is 1. The third-order valence-electron chi connectivity index (χ3n) is 2.79. The second-order valence-corrected chi connectivity index (χ2v) is 6.77. The third kappa shape index (κ3) is 2.59. The highest BCUT2D eigenvalue weighted by atomic mass is 32.2. The van der Waals surface area contributed by atoms with Crippen molar-refractivity contribution in [2.45, 2.75) is 4.90 Å². The Kier molecular flexibility index (Phi) is 3.34. The maximum Gasteiger partial charge on any atom is 0.266 e. The van der Waals surface area contributed by atoms with E-state index in [2.05, 4.69) is 9.71 Å². The molecule has 0 spiro atoms. The molecular formula is C13H8F2N2O2S2. The van der Waals surface area contributed by atoms with Crippen LogP contribution < -0.4 is 4.72 Å². The molecule has 0 unspecified atom stereocenters. The van der Waals surface area contributed by atoms with Crippen LogP contribution in [0.5, 0.6) is 0 Å². The Morgan fingerprint density at radius 3 is 2.76 bits per heavy atom. The zero-order valence-electron chi connectivity index (χ0n) is 10.4. The Labute approximate surface area is 123 Å². The number of aromatic nitrogens is 1. The predicted octanol–water partition coefficient (Wildman–Crippen LogP) is 3.38. The number of sulfonamides is 1. The number of benzene rings is 1. The number of pyridine rings is 1. The van der Waals surface area contributed by atoms with Crippen molar-refractivity contribution in [3.63, 3.8) is 0 Å². The van der Waals surface area contributed by atoms with Gasteiger partial charge < -0.3 is 0 Å². The minimum Gasteiger partial charge on any atom is -0.263 e. The smallest absolute Gasteiger partial charge is 0.263 e. The summed E-state index contributed by atoms with van der Waals surface area (Å²) in [6.07, 6.45) is 1.44. The highest BCUT2D eigenvalue weighted by molar-refractivity contribution is 7.92. The van der Waals surface area contributed by atoms with E-state index in [4.69, 9.17) is 0 Å². The monoisotopic (exact) mass is 326 g/mol. The highest BCUT2D eigenvalue weighted by Crippen LogP contribution is 2.28. The van der Waals surface area contributed by atoms with Gasteiger partial charge in [-0.25, -0.2) is 22.2 Å². The van der Waals surface area contributed by atoms with Crippen LogP contribution in [0.4, 0.5) is 14.6 Å². The molecule has 108 valence electrons. The lowest BCUT2D eigenvalue weighted by molar-refractivity contribution is 0.555. The zero-order chi connectivity index (χ0) is 15.0. The van der Waals surface area contributed by atoms with Gasteiger partial charge in [-0.3, -0.25) is 4.72 Å². The Hall–Kier alpha value is -2.06. The van der Waals surface area contributed by atoms with Gasteiger partial charge >= 0.3 is 0 Å². The van der Waals surface area contributed by atoms with Crippen LogP contribution in [0.15, 0.2) is 46.8 Å². The normalized spacial score (nSPS) is 11.7. The van der Waals surface area contributed by atoms with Crippen molar-refractivity contribution >= 4 is 37.3 Å². The van der Waals surface area contributed by atoms with E-state index in [9.17, 15) is 17.2 Å². The number of hydrogen-bond donors (Lipinski definition) is 1. The molecule has 0 atom stereocenters. The standard InChI is InChI=1S/C13H8F2N2O2S2/c14-8-1-2-10(15)12(7-8)21(18,19)17-13-9-4-6-20-11(9)3-5-16-13/h1-7H,(H,16,17). The molecule has 0 aliphatic heterocycles. The second-order valence-electron chi connectivity index (χ2n) is 4.17. The van der Waals surface area contributed by atoms with Gasteiger partial charge in [-0.1, -0.05) is 0 Å². The highest BCUT2D eigenvalue weighted by Gasteiger charge is 2.21. The van der Waals surface area contributed by atoms with E-state index in [-0.39, 0.29) is 5.82 Å². The van der Waals surface area contributed by atoms with Crippen LogP contribution in [0.1, 0.15) is 0 Å². The van der Waals surface area contributed by atoms with Crippen molar-refractivity contribution in [3.05, 3.63) is 53.5 Å². The fraction of sp³-hybridized carbons (Fsp3) is 0. The molecule has 3 aromatic rings. The van der Waals surface area contributed by atoms with Crippen LogP contribution in [0, 0.1) is 11.6 Å². The topological polar surface area (TPSA) is 59.1 Å². The minimum atomic E-state index is -4.26. The molecule has 0 bridgehead atoms. The lowest BCUT2D eigenvalue weighted by Gasteiger charge is -2.09. The summed E-state index contributed by atoms with van der Waals surface area (Å²) in [5, 5.41) is 2.38.